The van der Waals surface area contributed by atoms with Crippen LogP contribution in [0, 0.1) is 5.92 Å². The normalized spacial score (nSPS) is 11.1. The second kappa shape index (κ2) is 8.68. The highest BCUT2D eigenvalue weighted by molar-refractivity contribution is 7.92. The fourth-order valence-corrected chi connectivity index (χ4v) is 3.31. The number of carbonyl (C=O) groups is 2. The van der Waals surface area contributed by atoms with E-state index in [1.165, 1.54) is 49.6 Å². The molecule has 0 aliphatic heterocycles. The Morgan fingerprint density at radius 2 is 1.70 bits per heavy atom. The topological polar surface area (TPSA) is 102 Å². The second-order valence-corrected chi connectivity index (χ2v) is 7.99. The van der Waals surface area contributed by atoms with Gasteiger partial charge in [0.25, 0.3) is 15.9 Å². The molecule has 0 aromatic heterocycles. The summed E-state index contributed by atoms with van der Waals surface area (Å²) < 4.78 is 32.2. The van der Waals surface area contributed by atoms with E-state index in [4.69, 9.17) is 0 Å². The molecule has 2 rings (SSSR count). The number of hydrogen-bond acceptors (Lipinski definition) is 5. The lowest BCUT2D eigenvalue weighted by Crippen LogP contribution is -2.27. The number of carbonyl (C=O) groups excluding carboxylic acids is 2. The quantitative estimate of drug-likeness (QED) is 0.708. The molecule has 0 unspecified atom stereocenters. The summed E-state index contributed by atoms with van der Waals surface area (Å²) in [5.74, 6) is -0.553. The van der Waals surface area contributed by atoms with Gasteiger partial charge in [-0.25, -0.2) is 13.2 Å². The monoisotopic (exact) mass is 390 g/mol. The van der Waals surface area contributed by atoms with Crippen molar-refractivity contribution in [2.75, 3.05) is 18.4 Å². The standard InChI is InChI=1S/C19H22N2O5S/c1-13(2)12-20-18(22)15-5-4-6-17(11-15)27(24,25)21-16-9-7-14(8-10-16)19(23)26-3/h4-11,13,21H,12H2,1-3H3,(H,20,22). The van der Waals surface area contributed by atoms with E-state index in [0.717, 1.165) is 0 Å². The van der Waals surface area contributed by atoms with Crippen molar-refractivity contribution in [1.82, 2.24) is 5.32 Å². The molecule has 0 atom stereocenters. The van der Waals surface area contributed by atoms with Crippen molar-refractivity contribution in [2.24, 2.45) is 5.92 Å². The number of methoxy groups -OCH3 is 1. The van der Waals surface area contributed by atoms with Crippen LogP contribution >= 0.6 is 0 Å². The molecule has 8 heteroatoms. The molecule has 0 fully saturated rings. The molecule has 0 saturated heterocycles. The van der Waals surface area contributed by atoms with Crippen LogP contribution in [-0.2, 0) is 14.8 Å². The molecule has 0 spiro atoms. The number of anilines is 1. The first-order chi connectivity index (χ1) is 12.7. The first-order valence-electron chi connectivity index (χ1n) is 8.32. The Kier molecular flexibility index (Phi) is 6.57. The fraction of sp³-hybridized carbons (Fsp3) is 0.263. The fourth-order valence-electron chi connectivity index (χ4n) is 2.21. The zero-order chi connectivity index (χ0) is 20.0. The van der Waals surface area contributed by atoms with Gasteiger partial charge in [0.2, 0.25) is 0 Å². The zero-order valence-corrected chi connectivity index (χ0v) is 16.2. The minimum Gasteiger partial charge on any atom is -0.465 e. The van der Waals surface area contributed by atoms with Crippen LogP contribution < -0.4 is 10.0 Å². The summed E-state index contributed by atoms with van der Waals surface area (Å²) in [5.41, 5.74) is 0.862. The molecule has 0 radical (unpaired) electrons. The smallest absolute Gasteiger partial charge is 0.337 e. The van der Waals surface area contributed by atoms with Gasteiger partial charge in [-0.1, -0.05) is 19.9 Å². The number of benzene rings is 2. The number of ether oxygens (including phenoxy) is 1. The van der Waals surface area contributed by atoms with E-state index in [2.05, 4.69) is 14.8 Å². The Morgan fingerprint density at radius 3 is 2.30 bits per heavy atom. The minimum absolute atomic E-state index is 0.0308. The van der Waals surface area contributed by atoms with E-state index in [0.29, 0.717) is 12.1 Å². The predicted molar refractivity (Wildman–Crippen MR) is 102 cm³/mol. The predicted octanol–water partition coefficient (Wildman–Crippen LogP) is 2.66. The number of sulfonamides is 1. The van der Waals surface area contributed by atoms with Crippen LogP contribution in [0.1, 0.15) is 34.6 Å². The summed E-state index contributed by atoms with van der Waals surface area (Å²) in [6.45, 7) is 4.44. The van der Waals surface area contributed by atoms with E-state index in [-0.39, 0.29) is 28.0 Å². The van der Waals surface area contributed by atoms with Crippen molar-refractivity contribution >= 4 is 27.6 Å². The Morgan fingerprint density at radius 1 is 1.04 bits per heavy atom. The van der Waals surface area contributed by atoms with Crippen LogP contribution in [0.5, 0.6) is 0 Å². The molecular weight excluding hydrogens is 368 g/mol. The molecule has 7 nitrogen and oxygen atoms in total. The molecule has 0 bridgehead atoms. The van der Waals surface area contributed by atoms with Crippen LogP contribution in [-0.4, -0.2) is 33.9 Å². The molecule has 27 heavy (non-hydrogen) atoms. The summed E-state index contributed by atoms with van der Waals surface area (Å²) in [4.78, 5) is 23.5. The average Bonchev–Trinajstić information content (AvgIpc) is 2.65. The van der Waals surface area contributed by atoms with Crippen molar-refractivity contribution in [2.45, 2.75) is 18.7 Å². The van der Waals surface area contributed by atoms with Gasteiger partial charge in [0.05, 0.1) is 17.6 Å². The lowest BCUT2D eigenvalue weighted by Gasteiger charge is -2.11. The van der Waals surface area contributed by atoms with Gasteiger partial charge < -0.3 is 10.1 Å². The molecule has 0 aliphatic carbocycles. The van der Waals surface area contributed by atoms with E-state index in [9.17, 15) is 18.0 Å². The summed E-state index contributed by atoms with van der Waals surface area (Å²) in [7, 11) is -2.62. The van der Waals surface area contributed by atoms with Gasteiger partial charge in [-0.15, -0.1) is 0 Å². The molecule has 144 valence electrons. The van der Waals surface area contributed by atoms with Crippen molar-refractivity contribution in [3.63, 3.8) is 0 Å². The van der Waals surface area contributed by atoms with Gasteiger partial charge in [-0.3, -0.25) is 9.52 Å². The van der Waals surface area contributed by atoms with Gasteiger partial charge in [0.15, 0.2) is 0 Å². The zero-order valence-electron chi connectivity index (χ0n) is 15.4. The lowest BCUT2D eigenvalue weighted by atomic mass is 10.2. The molecule has 0 aliphatic rings. The number of nitrogens with one attached hydrogen (secondary N) is 2. The van der Waals surface area contributed by atoms with E-state index >= 15 is 0 Å². The number of esters is 1. The van der Waals surface area contributed by atoms with Gasteiger partial charge >= 0.3 is 5.97 Å². The summed E-state index contributed by atoms with van der Waals surface area (Å²) in [6.07, 6.45) is 0. The van der Waals surface area contributed by atoms with Gasteiger partial charge in [-0.05, 0) is 48.4 Å². The Hall–Kier alpha value is -2.87. The summed E-state index contributed by atoms with van der Waals surface area (Å²) in [5, 5.41) is 2.75. The number of amides is 1. The molecular formula is C19H22N2O5S. The highest BCUT2D eigenvalue weighted by atomic mass is 32.2. The van der Waals surface area contributed by atoms with Crippen LogP contribution in [0.4, 0.5) is 5.69 Å². The van der Waals surface area contributed by atoms with Crippen molar-refractivity contribution in [1.29, 1.82) is 0 Å². The highest BCUT2D eigenvalue weighted by Crippen LogP contribution is 2.18. The Labute approximate surface area is 158 Å². The van der Waals surface area contributed by atoms with Crippen molar-refractivity contribution < 1.29 is 22.7 Å². The minimum atomic E-state index is -3.89. The van der Waals surface area contributed by atoms with Gasteiger partial charge in [-0.2, -0.15) is 0 Å². The third kappa shape index (κ3) is 5.55. The van der Waals surface area contributed by atoms with Crippen molar-refractivity contribution in [3.05, 3.63) is 59.7 Å². The first-order valence-corrected chi connectivity index (χ1v) is 9.80. The third-order valence-electron chi connectivity index (χ3n) is 3.64. The molecule has 1 amide bonds. The number of hydrogen-bond donors (Lipinski definition) is 2. The van der Waals surface area contributed by atoms with Crippen LogP contribution in [0.25, 0.3) is 0 Å². The maximum absolute atomic E-state index is 12.6. The van der Waals surface area contributed by atoms with Gasteiger partial charge in [0, 0.05) is 17.8 Å². The van der Waals surface area contributed by atoms with Crippen LogP contribution in [0.3, 0.4) is 0 Å². The molecule has 2 N–H and O–H groups in total. The Balaban J connectivity index is 2.18. The SMILES string of the molecule is COC(=O)c1ccc(NS(=O)(=O)c2cccc(C(=O)NCC(C)C)c2)cc1. The third-order valence-corrected chi connectivity index (χ3v) is 5.01. The van der Waals surface area contributed by atoms with Gasteiger partial charge in [0.1, 0.15) is 0 Å². The van der Waals surface area contributed by atoms with Crippen LogP contribution in [0.2, 0.25) is 0 Å². The maximum Gasteiger partial charge on any atom is 0.337 e. The first kappa shape index (κ1) is 20.4. The highest BCUT2D eigenvalue weighted by Gasteiger charge is 2.17. The van der Waals surface area contributed by atoms with Crippen LogP contribution in [0.15, 0.2) is 53.4 Å². The molecule has 0 saturated carbocycles. The number of rotatable bonds is 7. The van der Waals surface area contributed by atoms with E-state index in [1.54, 1.807) is 6.07 Å². The van der Waals surface area contributed by atoms with E-state index in [1.807, 2.05) is 13.8 Å². The van der Waals surface area contributed by atoms with E-state index < -0.39 is 16.0 Å². The Bertz CT molecular complexity index is 921. The second-order valence-electron chi connectivity index (χ2n) is 6.31. The molecule has 2 aromatic carbocycles. The van der Waals surface area contributed by atoms with Crippen molar-refractivity contribution in [3.8, 4) is 0 Å². The summed E-state index contributed by atoms with van der Waals surface area (Å²) >= 11 is 0. The summed E-state index contributed by atoms with van der Waals surface area (Å²) in [6, 6.07) is 11.6. The average molecular weight is 390 g/mol. The maximum atomic E-state index is 12.6. The molecule has 2 aromatic rings. The lowest BCUT2D eigenvalue weighted by molar-refractivity contribution is 0.0600. The molecule has 0 heterocycles. The largest absolute Gasteiger partial charge is 0.465 e.